The van der Waals surface area contributed by atoms with Crippen molar-refractivity contribution in [1.82, 2.24) is 15.3 Å². The topological polar surface area (TPSA) is 93.2 Å². The highest BCUT2D eigenvalue weighted by Gasteiger charge is 2.11. The monoisotopic (exact) mass is 356 g/mol. The fraction of sp³-hybridized carbons (Fsp3) is 0.368. The minimum atomic E-state index is -0.366. The van der Waals surface area contributed by atoms with Crippen LogP contribution in [-0.2, 0) is 4.74 Å². The van der Waals surface area contributed by atoms with Crippen LogP contribution < -0.4 is 10.6 Å². The van der Waals surface area contributed by atoms with Crippen LogP contribution in [0.4, 0.5) is 11.6 Å². The summed E-state index contributed by atoms with van der Waals surface area (Å²) >= 11 is 0. The van der Waals surface area contributed by atoms with Crippen LogP contribution in [0.2, 0.25) is 0 Å². The van der Waals surface area contributed by atoms with Crippen LogP contribution in [0.1, 0.15) is 47.3 Å². The van der Waals surface area contributed by atoms with Gasteiger partial charge in [-0.2, -0.15) is 0 Å². The number of rotatable bonds is 7. The lowest BCUT2D eigenvalue weighted by atomic mass is 10.2. The van der Waals surface area contributed by atoms with E-state index in [2.05, 4.69) is 20.6 Å². The summed E-state index contributed by atoms with van der Waals surface area (Å²) in [4.78, 5) is 32.5. The Bertz CT molecular complexity index is 773. The molecule has 138 valence electrons. The number of anilines is 2. The lowest BCUT2D eigenvalue weighted by Gasteiger charge is -2.10. The van der Waals surface area contributed by atoms with Gasteiger partial charge in [-0.3, -0.25) is 4.79 Å². The third-order valence-electron chi connectivity index (χ3n) is 3.41. The van der Waals surface area contributed by atoms with Gasteiger partial charge in [-0.05, 0) is 50.1 Å². The van der Waals surface area contributed by atoms with Gasteiger partial charge in [0, 0.05) is 17.9 Å². The van der Waals surface area contributed by atoms with Crippen LogP contribution in [0.25, 0.3) is 0 Å². The average Bonchev–Trinajstić information content (AvgIpc) is 2.60. The van der Waals surface area contributed by atoms with E-state index in [1.165, 1.54) is 0 Å². The maximum Gasteiger partial charge on any atom is 0.338 e. The van der Waals surface area contributed by atoms with E-state index in [0.29, 0.717) is 47.7 Å². The molecule has 2 N–H and O–H groups in total. The lowest BCUT2D eigenvalue weighted by molar-refractivity contribution is 0.0526. The zero-order valence-electron chi connectivity index (χ0n) is 15.5. The standard InChI is InChI=1S/C19H24N4O3/c1-5-26-18(25)14-6-8-15(9-7-14)22-19-21-13(4)10-16(23-19)17(24)20-11-12(2)3/h6-10,12H,5,11H2,1-4H3,(H,20,24)(H,21,22,23). The predicted octanol–water partition coefficient (Wildman–Crippen LogP) is 3.09. The van der Waals surface area contributed by atoms with Gasteiger partial charge in [0.05, 0.1) is 12.2 Å². The average molecular weight is 356 g/mol. The molecule has 0 aliphatic heterocycles. The zero-order valence-corrected chi connectivity index (χ0v) is 15.5. The largest absolute Gasteiger partial charge is 0.462 e. The summed E-state index contributed by atoms with van der Waals surface area (Å²) in [5.41, 5.74) is 2.16. The summed E-state index contributed by atoms with van der Waals surface area (Å²) in [6.07, 6.45) is 0. The second-order valence-electron chi connectivity index (χ2n) is 6.24. The van der Waals surface area contributed by atoms with E-state index in [1.807, 2.05) is 13.8 Å². The van der Waals surface area contributed by atoms with Gasteiger partial charge in [0.25, 0.3) is 5.91 Å². The van der Waals surface area contributed by atoms with Crippen LogP contribution in [0, 0.1) is 12.8 Å². The van der Waals surface area contributed by atoms with E-state index < -0.39 is 0 Å². The predicted molar refractivity (Wildman–Crippen MR) is 99.6 cm³/mol. The number of esters is 1. The normalized spacial score (nSPS) is 10.5. The molecule has 26 heavy (non-hydrogen) atoms. The van der Waals surface area contributed by atoms with Crippen molar-refractivity contribution in [3.8, 4) is 0 Å². The van der Waals surface area contributed by atoms with Crippen molar-refractivity contribution >= 4 is 23.5 Å². The second kappa shape index (κ2) is 8.94. The number of amides is 1. The molecule has 0 aliphatic rings. The van der Waals surface area contributed by atoms with Gasteiger partial charge in [0.1, 0.15) is 5.69 Å². The minimum absolute atomic E-state index is 0.232. The van der Waals surface area contributed by atoms with Gasteiger partial charge in [-0.15, -0.1) is 0 Å². The quantitative estimate of drug-likeness (QED) is 0.741. The molecular weight excluding hydrogens is 332 g/mol. The molecule has 0 radical (unpaired) electrons. The molecule has 2 rings (SSSR count). The Morgan fingerprint density at radius 1 is 1.15 bits per heavy atom. The van der Waals surface area contributed by atoms with Crippen LogP contribution >= 0.6 is 0 Å². The second-order valence-corrected chi connectivity index (χ2v) is 6.24. The Hall–Kier alpha value is -2.96. The summed E-state index contributed by atoms with van der Waals surface area (Å²) in [6.45, 7) is 8.53. The molecule has 1 aromatic heterocycles. The number of ether oxygens (including phenoxy) is 1. The molecule has 1 heterocycles. The van der Waals surface area contributed by atoms with Crippen molar-refractivity contribution in [1.29, 1.82) is 0 Å². The summed E-state index contributed by atoms with van der Waals surface area (Å²) in [5.74, 6) is 0.0841. The van der Waals surface area contributed by atoms with Gasteiger partial charge >= 0.3 is 5.97 Å². The molecule has 0 saturated carbocycles. The van der Waals surface area contributed by atoms with Crippen molar-refractivity contribution in [2.24, 2.45) is 5.92 Å². The lowest BCUT2D eigenvalue weighted by Crippen LogP contribution is -2.28. The van der Waals surface area contributed by atoms with E-state index >= 15 is 0 Å². The SMILES string of the molecule is CCOC(=O)c1ccc(Nc2nc(C)cc(C(=O)NCC(C)C)n2)cc1. The Kier molecular flexibility index (Phi) is 6.66. The van der Waals surface area contributed by atoms with Crippen LogP contribution in [0.15, 0.2) is 30.3 Å². The molecule has 2 aromatic rings. The number of nitrogens with one attached hydrogen (secondary N) is 2. The molecule has 0 fully saturated rings. The first-order chi connectivity index (χ1) is 12.4. The highest BCUT2D eigenvalue weighted by atomic mass is 16.5. The summed E-state index contributed by atoms with van der Waals surface area (Å²) in [5, 5.41) is 5.89. The molecule has 7 heteroatoms. The van der Waals surface area contributed by atoms with Gasteiger partial charge in [-0.1, -0.05) is 13.8 Å². The number of aryl methyl sites for hydroxylation is 1. The molecule has 0 unspecified atom stereocenters. The third kappa shape index (κ3) is 5.54. The number of benzene rings is 1. The number of nitrogens with zero attached hydrogens (tertiary/aromatic N) is 2. The van der Waals surface area contributed by atoms with Gasteiger partial charge in [0.15, 0.2) is 0 Å². The first kappa shape index (κ1) is 19.4. The molecule has 1 aromatic carbocycles. The Morgan fingerprint density at radius 3 is 2.46 bits per heavy atom. The Morgan fingerprint density at radius 2 is 1.85 bits per heavy atom. The third-order valence-corrected chi connectivity index (χ3v) is 3.41. The number of carbonyl (C=O) groups is 2. The summed E-state index contributed by atoms with van der Waals surface area (Å²) in [7, 11) is 0. The van der Waals surface area contributed by atoms with Crippen molar-refractivity contribution < 1.29 is 14.3 Å². The molecule has 1 amide bonds. The van der Waals surface area contributed by atoms with Gasteiger partial charge < -0.3 is 15.4 Å². The van der Waals surface area contributed by atoms with E-state index in [4.69, 9.17) is 4.74 Å². The number of hydrogen-bond acceptors (Lipinski definition) is 6. The van der Waals surface area contributed by atoms with Crippen LogP contribution in [0.3, 0.4) is 0 Å². The molecular formula is C19H24N4O3. The van der Waals surface area contributed by atoms with Crippen LogP contribution in [0.5, 0.6) is 0 Å². The molecule has 0 spiro atoms. The highest BCUT2D eigenvalue weighted by Crippen LogP contribution is 2.15. The molecule has 0 bridgehead atoms. The maximum atomic E-state index is 12.2. The fourth-order valence-electron chi connectivity index (χ4n) is 2.16. The van der Waals surface area contributed by atoms with Gasteiger partial charge in [-0.25, -0.2) is 14.8 Å². The number of aromatic nitrogens is 2. The van der Waals surface area contributed by atoms with E-state index in [9.17, 15) is 9.59 Å². The van der Waals surface area contributed by atoms with Gasteiger partial charge in [0.2, 0.25) is 5.95 Å². The van der Waals surface area contributed by atoms with Crippen LogP contribution in [-0.4, -0.2) is 35.0 Å². The zero-order chi connectivity index (χ0) is 19.1. The smallest absolute Gasteiger partial charge is 0.338 e. The van der Waals surface area contributed by atoms with Crippen molar-refractivity contribution in [3.63, 3.8) is 0 Å². The first-order valence-corrected chi connectivity index (χ1v) is 8.57. The van der Waals surface area contributed by atoms with E-state index in [0.717, 1.165) is 0 Å². The molecule has 0 aliphatic carbocycles. The Balaban J connectivity index is 2.11. The first-order valence-electron chi connectivity index (χ1n) is 8.57. The van der Waals surface area contributed by atoms with Crippen molar-refractivity contribution in [2.45, 2.75) is 27.7 Å². The number of hydrogen-bond donors (Lipinski definition) is 2. The Labute approximate surface area is 153 Å². The maximum absolute atomic E-state index is 12.2. The molecule has 0 atom stereocenters. The summed E-state index contributed by atoms with van der Waals surface area (Å²) in [6, 6.07) is 8.43. The fourth-order valence-corrected chi connectivity index (χ4v) is 2.16. The minimum Gasteiger partial charge on any atom is -0.462 e. The highest BCUT2D eigenvalue weighted by molar-refractivity contribution is 5.92. The molecule has 0 saturated heterocycles. The van der Waals surface area contributed by atoms with E-state index in [1.54, 1.807) is 44.2 Å². The summed E-state index contributed by atoms with van der Waals surface area (Å²) < 4.78 is 4.96. The number of carbonyl (C=O) groups excluding carboxylic acids is 2. The van der Waals surface area contributed by atoms with Crippen molar-refractivity contribution in [3.05, 3.63) is 47.3 Å². The van der Waals surface area contributed by atoms with Crippen molar-refractivity contribution in [2.75, 3.05) is 18.5 Å². The van der Waals surface area contributed by atoms with E-state index in [-0.39, 0.29) is 11.9 Å². The molecule has 7 nitrogen and oxygen atoms in total.